The summed E-state index contributed by atoms with van der Waals surface area (Å²) in [5, 5.41) is 4.26. The monoisotopic (exact) mass is 492 g/mol. The lowest BCUT2D eigenvalue weighted by Gasteiger charge is -2.16. The van der Waals surface area contributed by atoms with Crippen molar-refractivity contribution in [3.8, 4) is 11.1 Å². The Hall–Kier alpha value is -3.09. The molecule has 1 fully saturated rings. The van der Waals surface area contributed by atoms with Crippen LogP contribution in [0.4, 0.5) is 15.2 Å². The van der Waals surface area contributed by atoms with Crippen LogP contribution in [-0.4, -0.2) is 16.6 Å². The van der Waals surface area contributed by atoms with Crippen molar-refractivity contribution in [2.45, 2.75) is 26.2 Å². The number of ketones is 2. The largest absolute Gasteiger partial charge is 0.329 e. The molecule has 2 unspecified atom stereocenters. The van der Waals surface area contributed by atoms with Crippen molar-refractivity contribution < 1.29 is 14.0 Å². The molecule has 0 aliphatic heterocycles. The summed E-state index contributed by atoms with van der Waals surface area (Å²) in [7, 11) is 0. The fourth-order valence-corrected chi connectivity index (χ4v) is 5.82. The van der Waals surface area contributed by atoms with Gasteiger partial charge in [0.15, 0.2) is 10.9 Å². The summed E-state index contributed by atoms with van der Waals surface area (Å²) < 4.78 is 15.8. The van der Waals surface area contributed by atoms with E-state index in [4.69, 9.17) is 11.6 Å². The topological polar surface area (TPSA) is 59.1 Å². The normalized spacial score (nSPS) is 17.7. The number of thiazole rings is 1. The molecule has 34 heavy (non-hydrogen) atoms. The first-order valence-electron chi connectivity index (χ1n) is 11.2. The molecule has 7 heteroatoms. The number of anilines is 2. The van der Waals surface area contributed by atoms with Crippen LogP contribution < -0.4 is 5.32 Å². The molecular weight excluding hydrogens is 471 g/mol. The lowest BCUT2D eigenvalue weighted by Crippen LogP contribution is -2.24. The number of rotatable bonds is 6. The summed E-state index contributed by atoms with van der Waals surface area (Å²) in [4.78, 5) is 29.3. The van der Waals surface area contributed by atoms with E-state index >= 15 is 0 Å². The van der Waals surface area contributed by atoms with Crippen LogP contribution in [0.25, 0.3) is 21.3 Å². The number of halogens is 2. The standard InChI is InChI=1S/C27H22ClFN2O2S/c1-15(32)20-3-2-4-21(20)26(33)17-7-5-16(6-8-17)18-9-11-23(22(29)13-18)30-27-31-24-12-10-19(28)14-25(24)34-27/h5-14,20-21H,2-4H2,1H3,(H,30,31). The fourth-order valence-electron chi connectivity index (χ4n) is 4.66. The van der Waals surface area contributed by atoms with Crippen molar-refractivity contribution >= 4 is 55.5 Å². The molecule has 1 N–H and O–H groups in total. The molecule has 1 saturated carbocycles. The maximum absolute atomic E-state index is 14.9. The van der Waals surface area contributed by atoms with Gasteiger partial charge in [-0.05, 0) is 61.2 Å². The van der Waals surface area contributed by atoms with Gasteiger partial charge in [-0.15, -0.1) is 0 Å². The SMILES string of the molecule is CC(=O)C1CCCC1C(=O)c1ccc(-c2ccc(Nc3nc4ccc(Cl)cc4s3)c(F)c2)cc1. The fraction of sp³-hybridized carbons (Fsp3) is 0.222. The number of carbonyl (C=O) groups is 2. The number of hydrogen-bond acceptors (Lipinski definition) is 5. The minimum atomic E-state index is -0.398. The van der Waals surface area contributed by atoms with E-state index in [-0.39, 0.29) is 23.4 Å². The predicted molar refractivity (Wildman–Crippen MR) is 136 cm³/mol. The number of hydrogen-bond donors (Lipinski definition) is 1. The van der Waals surface area contributed by atoms with Crippen molar-refractivity contribution in [2.24, 2.45) is 11.8 Å². The van der Waals surface area contributed by atoms with E-state index in [0.717, 1.165) is 35.0 Å². The Labute approximate surface area is 205 Å². The molecule has 0 saturated heterocycles. The summed E-state index contributed by atoms with van der Waals surface area (Å²) in [6.45, 7) is 1.57. The molecule has 2 atom stereocenters. The number of Topliss-reactive ketones (excluding diaryl/α,β-unsaturated/α-hetero) is 2. The van der Waals surface area contributed by atoms with E-state index in [1.54, 1.807) is 31.2 Å². The zero-order valence-electron chi connectivity index (χ0n) is 18.5. The minimum Gasteiger partial charge on any atom is -0.329 e. The Morgan fingerprint density at radius 1 is 1.00 bits per heavy atom. The Balaban J connectivity index is 1.32. The van der Waals surface area contributed by atoms with Gasteiger partial charge in [-0.1, -0.05) is 59.7 Å². The van der Waals surface area contributed by atoms with Gasteiger partial charge in [-0.3, -0.25) is 9.59 Å². The Morgan fingerprint density at radius 3 is 2.47 bits per heavy atom. The van der Waals surface area contributed by atoms with E-state index in [2.05, 4.69) is 10.3 Å². The van der Waals surface area contributed by atoms with Crippen LogP contribution in [0, 0.1) is 17.7 Å². The summed E-state index contributed by atoms with van der Waals surface area (Å²) in [6, 6.07) is 17.6. The molecule has 0 spiro atoms. The quantitative estimate of drug-likeness (QED) is 0.280. The molecule has 1 heterocycles. The highest BCUT2D eigenvalue weighted by Gasteiger charge is 2.36. The molecule has 1 aromatic heterocycles. The average Bonchev–Trinajstić information content (AvgIpc) is 3.47. The molecule has 3 aromatic carbocycles. The van der Waals surface area contributed by atoms with E-state index in [1.807, 2.05) is 30.3 Å². The predicted octanol–water partition coefficient (Wildman–Crippen LogP) is 7.69. The van der Waals surface area contributed by atoms with Crippen molar-refractivity contribution in [1.29, 1.82) is 0 Å². The van der Waals surface area contributed by atoms with Gasteiger partial charge >= 0.3 is 0 Å². The van der Waals surface area contributed by atoms with Crippen LogP contribution >= 0.6 is 22.9 Å². The third kappa shape index (κ3) is 4.48. The Morgan fingerprint density at radius 2 is 1.74 bits per heavy atom. The zero-order chi connectivity index (χ0) is 23.8. The summed E-state index contributed by atoms with van der Waals surface area (Å²) in [6.07, 6.45) is 2.45. The first-order chi connectivity index (χ1) is 16.4. The average molecular weight is 493 g/mol. The zero-order valence-corrected chi connectivity index (χ0v) is 20.0. The number of fused-ring (bicyclic) bond motifs is 1. The van der Waals surface area contributed by atoms with Gasteiger partial charge in [0.2, 0.25) is 0 Å². The van der Waals surface area contributed by atoms with Crippen LogP contribution in [0.15, 0.2) is 60.7 Å². The molecule has 5 rings (SSSR count). The maximum Gasteiger partial charge on any atom is 0.188 e. The van der Waals surface area contributed by atoms with Crippen molar-refractivity contribution in [2.75, 3.05) is 5.32 Å². The summed E-state index contributed by atoms with van der Waals surface area (Å²) in [5.74, 6) is -0.693. The maximum atomic E-state index is 14.9. The molecule has 1 aliphatic carbocycles. The van der Waals surface area contributed by atoms with Crippen molar-refractivity contribution in [3.63, 3.8) is 0 Å². The van der Waals surface area contributed by atoms with Gasteiger partial charge < -0.3 is 5.32 Å². The first kappa shape index (κ1) is 22.7. The Bertz CT molecular complexity index is 1400. The number of carbonyl (C=O) groups excluding carboxylic acids is 2. The van der Waals surface area contributed by atoms with Gasteiger partial charge in [0.1, 0.15) is 11.6 Å². The number of nitrogens with one attached hydrogen (secondary N) is 1. The third-order valence-corrected chi connectivity index (χ3v) is 7.61. The highest BCUT2D eigenvalue weighted by atomic mass is 35.5. The number of benzene rings is 3. The molecule has 0 amide bonds. The molecule has 172 valence electrons. The second-order valence-corrected chi connectivity index (χ2v) is 10.1. The smallest absolute Gasteiger partial charge is 0.188 e. The molecule has 4 aromatic rings. The first-order valence-corrected chi connectivity index (χ1v) is 12.4. The third-order valence-electron chi connectivity index (χ3n) is 6.44. The highest BCUT2D eigenvalue weighted by molar-refractivity contribution is 7.22. The van der Waals surface area contributed by atoms with E-state index < -0.39 is 5.82 Å². The second-order valence-electron chi connectivity index (χ2n) is 8.65. The number of nitrogens with zero attached hydrogens (tertiary/aromatic N) is 1. The molecular formula is C27H22ClFN2O2S. The van der Waals surface area contributed by atoms with E-state index in [9.17, 15) is 14.0 Å². The van der Waals surface area contributed by atoms with E-state index in [1.165, 1.54) is 17.4 Å². The summed E-state index contributed by atoms with van der Waals surface area (Å²) >= 11 is 7.44. The summed E-state index contributed by atoms with van der Waals surface area (Å²) in [5.41, 5.74) is 3.25. The van der Waals surface area contributed by atoms with Crippen LogP contribution in [-0.2, 0) is 4.79 Å². The molecule has 4 nitrogen and oxygen atoms in total. The van der Waals surface area contributed by atoms with Gasteiger partial charge in [-0.25, -0.2) is 9.37 Å². The Kier molecular flexibility index (Phi) is 6.19. The van der Waals surface area contributed by atoms with Gasteiger partial charge in [0, 0.05) is 22.4 Å². The lowest BCUT2D eigenvalue weighted by molar-refractivity contribution is -0.121. The second kappa shape index (κ2) is 9.28. The van der Waals surface area contributed by atoms with Crippen LogP contribution in [0.1, 0.15) is 36.5 Å². The number of aromatic nitrogens is 1. The lowest BCUT2D eigenvalue weighted by atomic mass is 9.86. The molecule has 0 bridgehead atoms. The highest BCUT2D eigenvalue weighted by Crippen LogP contribution is 2.36. The van der Waals surface area contributed by atoms with Crippen LogP contribution in [0.5, 0.6) is 0 Å². The molecule has 1 aliphatic rings. The molecule has 0 radical (unpaired) electrons. The van der Waals surface area contributed by atoms with E-state index in [0.29, 0.717) is 27.0 Å². The van der Waals surface area contributed by atoms with Gasteiger partial charge in [0.25, 0.3) is 0 Å². The van der Waals surface area contributed by atoms with Crippen LogP contribution in [0.2, 0.25) is 5.02 Å². The van der Waals surface area contributed by atoms with Crippen LogP contribution in [0.3, 0.4) is 0 Å². The van der Waals surface area contributed by atoms with Crippen molar-refractivity contribution in [3.05, 3.63) is 77.1 Å². The van der Waals surface area contributed by atoms with Gasteiger partial charge in [0.05, 0.1) is 15.9 Å². The van der Waals surface area contributed by atoms with Crippen molar-refractivity contribution in [1.82, 2.24) is 4.98 Å². The minimum absolute atomic E-state index is 0.0205. The van der Waals surface area contributed by atoms with Gasteiger partial charge in [-0.2, -0.15) is 0 Å².